The van der Waals surface area contributed by atoms with Crippen LogP contribution >= 0.6 is 0 Å². The fourth-order valence-electron chi connectivity index (χ4n) is 3.39. The first-order valence-corrected chi connectivity index (χ1v) is 8.33. The molecule has 2 aromatic rings. The summed E-state index contributed by atoms with van der Waals surface area (Å²) in [5.74, 6) is 0.594. The summed E-state index contributed by atoms with van der Waals surface area (Å²) in [6.07, 6.45) is 7.83. The fourth-order valence-corrected chi connectivity index (χ4v) is 3.39. The van der Waals surface area contributed by atoms with Crippen molar-refractivity contribution in [1.29, 1.82) is 0 Å². The number of hydrogen-bond donors (Lipinski definition) is 1. The average molecular weight is 330 g/mol. The molecule has 1 aliphatic rings. The molecule has 7 nitrogen and oxygen atoms in total. The Bertz CT molecular complexity index is 891. The van der Waals surface area contributed by atoms with E-state index < -0.39 is 11.2 Å². The number of aryl methyl sites for hydroxylation is 1. The van der Waals surface area contributed by atoms with Crippen LogP contribution in [-0.2, 0) is 18.9 Å². The van der Waals surface area contributed by atoms with Gasteiger partial charge in [-0.2, -0.15) is 0 Å². The Balaban J connectivity index is 1.79. The molecule has 0 atom stereocenters. The Kier molecular flexibility index (Phi) is 4.51. The Morgan fingerprint density at radius 1 is 1.25 bits per heavy atom. The van der Waals surface area contributed by atoms with Crippen LogP contribution in [0.15, 0.2) is 21.9 Å². The van der Waals surface area contributed by atoms with Crippen molar-refractivity contribution in [3.8, 4) is 0 Å². The highest BCUT2D eigenvalue weighted by Crippen LogP contribution is 2.28. The van der Waals surface area contributed by atoms with Crippen LogP contribution in [0.1, 0.15) is 38.5 Å². The third kappa shape index (κ3) is 3.11. The molecule has 0 aromatic carbocycles. The molecule has 128 valence electrons. The molecule has 1 fully saturated rings. The Labute approximate surface area is 139 Å². The van der Waals surface area contributed by atoms with E-state index in [9.17, 15) is 14.4 Å². The summed E-state index contributed by atoms with van der Waals surface area (Å²) >= 11 is 0. The lowest BCUT2D eigenvalue weighted by Crippen LogP contribution is -2.37. The fraction of sp³-hybridized carbons (Fsp3) is 0.529. The molecule has 24 heavy (non-hydrogen) atoms. The van der Waals surface area contributed by atoms with E-state index in [1.807, 2.05) is 0 Å². The summed E-state index contributed by atoms with van der Waals surface area (Å²) in [5, 5.41) is 3.11. The smallest absolute Gasteiger partial charge is 0.325 e. The molecule has 2 heterocycles. The van der Waals surface area contributed by atoms with Crippen LogP contribution < -0.4 is 16.6 Å². The lowest BCUT2D eigenvalue weighted by atomic mass is 10.0. The van der Waals surface area contributed by atoms with Crippen molar-refractivity contribution in [1.82, 2.24) is 14.1 Å². The SMILES string of the molecule is Cn1c(=O)c2cc(NC(=O)CCC3CCCC3)cnc2n(C)c1=O. The lowest BCUT2D eigenvalue weighted by molar-refractivity contribution is -0.116. The van der Waals surface area contributed by atoms with Crippen molar-refractivity contribution in [3.63, 3.8) is 0 Å². The molecule has 1 saturated carbocycles. The number of nitrogens with one attached hydrogen (secondary N) is 1. The molecular weight excluding hydrogens is 308 g/mol. The zero-order chi connectivity index (χ0) is 17.3. The van der Waals surface area contributed by atoms with E-state index in [0.29, 0.717) is 29.1 Å². The van der Waals surface area contributed by atoms with Crippen molar-refractivity contribution in [2.24, 2.45) is 20.0 Å². The van der Waals surface area contributed by atoms with Gasteiger partial charge in [-0.05, 0) is 18.4 Å². The maximum Gasteiger partial charge on any atom is 0.332 e. The molecule has 1 N–H and O–H groups in total. The van der Waals surface area contributed by atoms with Gasteiger partial charge in [0.15, 0.2) is 0 Å². The van der Waals surface area contributed by atoms with Crippen LogP contribution in [0.3, 0.4) is 0 Å². The van der Waals surface area contributed by atoms with E-state index in [1.54, 1.807) is 13.1 Å². The maximum absolute atomic E-state index is 12.2. The first-order valence-electron chi connectivity index (χ1n) is 8.33. The van der Waals surface area contributed by atoms with Gasteiger partial charge in [0.25, 0.3) is 5.56 Å². The molecule has 0 unspecified atom stereocenters. The number of carbonyl (C=O) groups excluding carboxylic acids is 1. The average Bonchev–Trinajstić information content (AvgIpc) is 3.09. The van der Waals surface area contributed by atoms with Gasteiger partial charge in [0.2, 0.25) is 5.91 Å². The van der Waals surface area contributed by atoms with E-state index >= 15 is 0 Å². The highest BCUT2D eigenvalue weighted by Gasteiger charge is 2.16. The van der Waals surface area contributed by atoms with Crippen LogP contribution in [0.2, 0.25) is 0 Å². The molecule has 1 amide bonds. The van der Waals surface area contributed by atoms with Gasteiger partial charge >= 0.3 is 5.69 Å². The molecule has 0 spiro atoms. The predicted octanol–water partition coefficient (Wildman–Crippen LogP) is 1.54. The predicted molar refractivity (Wildman–Crippen MR) is 92.0 cm³/mol. The van der Waals surface area contributed by atoms with E-state index in [4.69, 9.17) is 0 Å². The number of anilines is 1. The minimum Gasteiger partial charge on any atom is -0.325 e. The molecule has 0 saturated heterocycles. The Morgan fingerprint density at radius 3 is 2.67 bits per heavy atom. The molecule has 3 rings (SSSR count). The molecular formula is C17H22N4O3. The number of hydrogen-bond acceptors (Lipinski definition) is 4. The van der Waals surface area contributed by atoms with Crippen LogP contribution in [0, 0.1) is 5.92 Å². The van der Waals surface area contributed by atoms with Gasteiger partial charge in [-0.3, -0.25) is 18.7 Å². The Morgan fingerprint density at radius 2 is 1.96 bits per heavy atom. The van der Waals surface area contributed by atoms with E-state index in [1.165, 1.54) is 43.5 Å². The second-order valence-electron chi connectivity index (χ2n) is 6.54. The topological polar surface area (TPSA) is 86.0 Å². The number of fused-ring (bicyclic) bond motifs is 1. The summed E-state index contributed by atoms with van der Waals surface area (Å²) in [4.78, 5) is 40.4. The Hall–Kier alpha value is -2.44. The monoisotopic (exact) mass is 330 g/mol. The van der Waals surface area contributed by atoms with Gasteiger partial charge in [-0.1, -0.05) is 25.7 Å². The number of pyridine rings is 1. The zero-order valence-corrected chi connectivity index (χ0v) is 14.0. The van der Waals surface area contributed by atoms with Gasteiger partial charge in [0, 0.05) is 20.5 Å². The summed E-state index contributed by atoms with van der Waals surface area (Å²) < 4.78 is 2.36. The molecule has 0 aliphatic heterocycles. The van der Waals surface area contributed by atoms with Crippen molar-refractivity contribution in [3.05, 3.63) is 33.1 Å². The van der Waals surface area contributed by atoms with Gasteiger partial charge in [0.1, 0.15) is 5.65 Å². The number of rotatable bonds is 4. The number of carbonyl (C=O) groups is 1. The first kappa shape index (κ1) is 16.4. The second kappa shape index (κ2) is 6.59. The largest absolute Gasteiger partial charge is 0.332 e. The molecule has 2 aromatic heterocycles. The molecule has 1 aliphatic carbocycles. The van der Waals surface area contributed by atoms with Crippen molar-refractivity contribution in [2.45, 2.75) is 38.5 Å². The van der Waals surface area contributed by atoms with Crippen LogP contribution in [-0.4, -0.2) is 20.0 Å². The minimum absolute atomic E-state index is 0.0651. The highest BCUT2D eigenvalue weighted by molar-refractivity contribution is 5.92. The summed E-state index contributed by atoms with van der Waals surface area (Å²) in [7, 11) is 2.99. The minimum atomic E-state index is -0.423. The highest BCUT2D eigenvalue weighted by atomic mass is 16.2. The molecule has 0 radical (unpaired) electrons. The molecule has 0 bridgehead atoms. The van der Waals surface area contributed by atoms with Gasteiger partial charge in [0.05, 0.1) is 17.3 Å². The first-order chi connectivity index (χ1) is 11.5. The van der Waals surface area contributed by atoms with Crippen LogP contribution in [0.25, 0.3) is 11.0 Å². The summed E-state index contributed by atoms with van der Waals surface area (Å²) in [6.45, 7) is 0. The normalized spacial score (nSPS) is 15.1. The summed E-state index contributed by atoms with van der Waals surface area (Å²) in [5.41, 5.74) is -0.0438. The molecule has 7 heteroatoms. The van der Waals surface area contributed by atoms with E-state index in [-0.39, 0.29) is 5.91 Å². The standard InChI is InChI=1S/C17H22N4O3/c1-20-15-13(16(23)21(2)17(20)24)9-12(10-18-15)19-14(22)8-7-11-5-3-4-6-11/h9-11H,3-8H2,1-2H3,(H,19,22). The zero-order valence-electron chi connectivity index (χ0n) is 14.0. The van der Waals surface area contributed by atoms with Crippen molar-refractivity contribution >= 4 is 22.6 Å². The summed E-state index contributed by atoms with van der Waals surface area (Å²) in [6, 6.07) is 1.58. The van der Waals surface area contributed by atoms with Crippen molar-refractivity contribution in [2.75, 3.05) is 5.32 Å². The lowest BCUT2D eigenvalue weighted by Gasteiger charge is -2.10. The number of amides is 1. The van der Waals surface area contributed by atoms with Crippen molar-refractivity contribution < 1.29 is 4.79 Å². The maximum atomic E-state index is 12.2. The third-order valence-electron chi connectivity index (χ3n) is 4.83. The van der Waals surface area contributed by atoms with Gasteiger partial charge < -0.3 is 5.32 Å². The number of aromatic nitrogens is 3. The van der Waals surface area contributed by atoms with Crippen LogP contribution in [0.5, 0.6) is 0 Å². The van der Waals surface area contributed by atoms with E-state index in [0.717, 1.165) is 11.0 Å². The second-order valence-corrected chi connectivity index (χ2v) is 6.54. The third-order valence-corrected chi connectivity index (χ3v) is 4.83. The van der Waals surface area contributed by atoms with Gasteiger partial charge in [-0.25, -0.2) is 9.78 Å². The number of nitrogens with zero attached hydrogens (tertiary/aromatic N) is 3. The van der Waals surface area contributed by atoms with Gasteiger partial charge in [-0.15, -0.1) is 0 Å². The van der Waals surface area contributed by atoms with E-state index in [2.05, 4.69) is 10.3 Å². The van der Waals surface area contributed by atoms with Crippen LogP contribution in [0.4, 0.5) is 5.69 Å². The quantitative estimate of drug-likeness (QED) is 0.921.